The van der Waals surface area contributed by atoms with E-state index in [1.807, 2.05) is 0 Å². The molecule has 86 valence electrons. The van der Waals surface area contributed by atoms with Gasteiger partial charge in [-0.3, -0.25) is 4.79 Å². The number of carbonyl (C=O) groups is 1. The molecule has 0 aromatic carbocycles. The number of aromatic nitrogens is 1. The minimum atomic E-state index is -0.956. The molecule has 0 amide bonds. The van der Waals surface area contributed by atoms with E-state index >= 15 is 0 Å². The molecule has 0 spiro atoms. The summed E-state index contributed by atoms with van der Waals surface area (Å²) in [6.45, 7) is 1.66. The zero-order chi connectivity index (χ0) is 10.7. The molecule has 15 heavy (non-hydrogen) atoms. The van der Waals surface area contributed by atoms with Crippen LogP contribution in [0, 0.1) is 6.92 Å². The van der Waals surface area contributed by atoms with Crippen molar-refractivity contribution in [1.82, 2.24) is 5.16 Å². The van der Waals surface area contributed by atoms with Crippen LogP contribution in [-0.4, -0.2) is 22.3 Å². The van der Waals surface area contributed by atoms with Gasteiger partial charge in [-0.1, -0.05) is 0 Å². The van der Waals surface area contributed by atoms with Gasteiger partial charge in [0.15, 0.2) is 6.04 Å². The lowest BCUT2D eigenvalue weighted by Crippen LogP contribution is -3.00. The number of rotatable bonds is 4. The highest BCUT2D eigenvalue weighted by Gasteiger charge is 2.17. The van der Waals surface area contributed by atoms with Crippen LogP contribution in [0.15, 0.2) is 9.32 Å². The predicted octanol–water partition coefficient (Wildman–Crippen LogP) is -4.09. The summed E-state index contributed by atoms with van der Waals surface area (Å²) in [7, 11) is 0. The minimum Gasteiger partial charge on any atom is -1.00 e. The predicted molar refractivity (Wildman–Crippen MR) is 46.7 cm³/mol. The van der Waals surface area contributed by atoms with Crippen LogP contribution in [0.4, 0.5) is 0 Å². The monoisotopic (exact) mass is 236 g/mol. The van der Waals surface area contributed by atoms with E-state index in [1.54, 1.807) is 6.92 Å². The lowest BCUT2D eigenvalue weighted by molar-refractivity contribution is -0.408. The summed E-state index contributed by atoms with van der Waals surface area (Å²) in [4.78, 5) is 21.6. The maximum Gasteiger partial charge on any atom is 0.362 e. The van der Waals surface area contributed by atoms with Crippen LogP contribution in [0.3, 0.4) is 0 Å². The number of quaternary nitrogens is 1. The van der Waals surface area contributed by atoms with Crippen molar-refractivity contribution in [2.45, 2.75) is 25.8 Å². The van der Waals surface area contributed by atoms with Crippen LogP contribution in [0.1, 0.15) is 17.7 Å². The molecule has 0 aliphatic heterocycles. The lowest BCUT2D eigenvalue weighted by atomic mass is 10.1. The molecule has 0 radical (unpaired) electrons. The van der Waals surface area contributed by atoms with Crippen LogP contribution < -0.4 is 23.7 Å². The number of hydrogen-bond donors (Lipinski definition) is 3. The fourth-order valence-electron chi connectivity index (χ4n) is 1.14. The average Bonchev–Trinajstić information content (AvgIpc) is 2.43. The quantitative estimate of drug-likeness (QED) is 0.494. The number of nitrogens with one attached hydrogen (secondary N) is 1. The van der Waals surface area contributed by atoms with E-state index in [1.165, 1.54) is 0 Å². The van der Waals surface area contributed by atoms with Crippen LogP contribution in [0.5, 0.6) is 0 Å². The normalized spacial score (nSPS) is 11.9. The second-order valence-corrected chi connectivity index (χ2v) is 3.14. The van der Waals surface area contributed by atoms with Gasteiger partial charge in [-0.15, -0.1) is 0 Å². The Kier molecular flexibility index (Phi) is 5.10. The van der Waals surface area contributed by atoms with Gasteiger partial charge >= 0.3 is 5.97 Å². The highest BCUT2D eigenvalue weighted by molar-refractivity contribution is 5.71. The van der Waals surface area contributed by atoms with Crippen LogP contribution in [0.2, 0.25) is 0 Å². The van der Waals surface area contributed by atoms with Gasteiger partial charge in [0.2, 0.25) is 0 Å². The lowest BCUT2D eigenvalue weighted by Gasteiger charge is -2.00. The number of aromatic amines is 1. The summed E-state index contributed by atoms with van der Waals surface area (Å²) in [5.41, 5.74) is 3.66. The van der Waals surface area contributed by atoms with E-state index in [4.69, 9.17) is 9.63 Å². The van der Waals surface area contributed by atoms with Crippen molar-refractivity contribution < 1.29 is 32.6 Å². The molecule has 0 aliphatic rings. The maximum absolute atomic E-state index is 11.1. The largest absolute Gasteiger partial charge is 1.00 e. The second kappa shape index (κ2) is 5.57. The van der Waals surface area contributed by atoms with Crippen molar-refractivity contribution in [3.05, 3.63) is 21.7 Å². The molecule has 0 saturated carbocycles. The van der Waals surface area contributed by atoms with E-state index in [9.17, 15) is 9.59 Å². The summed E-state index contributed by atoms with van der Waals surface area (Å²) in [6, 6.07) is -0.691. The maximum atomic E-state index is 11.1. The molecule has 1 atom stereocenters. The molecule has 6 nitrogen and oxygen atoms in total. The van der Waals surface area contributed by atoms with Gasteiger partial charge in [-0.2, -0.15) is 5.16 Å². The standard InChI is InChI=1S/C8H12N2O4.ClH/c1-4-5(7(11)10-14-4)2-3-6(9)8(12)13;/h6H,2-3,9H2,1H3,(H,10,11)(H,12,13);1H/t6-;/m0./s1. The molecule has 0 bridgehead atoms. The molecular weight excluding hydrogens is 224 g/mol. The Morgan fingerprint density at radius 1 is 1.67 bits per heavy atom. The minimum absolute atomic E-state index is 0. The number of carboxylic acids is 1. The van der Waals surface area contributed by atoms with Crippen molar-refractivity contribution in [3.63, 3.8) is 0 Å². The van der Waals surface area contributed by atoms with Gasteiger partial charge in [-0.25, -0.2) is 4.79 Å². The van der Waals surface area contributed by atoms with E-state index < -0.39 is 12.0 Å². The molecule has 7 heteroatoms. The van der Waals surface area contributed by atoms with Crippen LogP contribution in [0.25, 0.3) is 0 Å². The van der Waals surface area contributed by atoms with Crippen LogP contribution in [-0.2, 0) is 11.2 Å². The van der Waals surface area contributed by atoms with E-state index in [-0.39, 0.29) is 18.0 Å². The first-order valence-electron chi connectivity index (χ1n) is 4.25. The fraction of sp³-hybridized carbons (Fsp3) is 0.500. The number of halogens is 1. The first kappa shape index (κ1) is 13.7. The highest BCUT2D eigenvalue weighted by atomic mass is 35.5. The molecule has 0 aliphatic carbocycles. The number of hydrogen-bond acceptors (Lipinski definition) is 3. The van der Waals surface area contributed by atoms with Crippen molar-refractivity contribution in [3.8, 4) is 0 Å². The molecular formula is C8H13ClN2O4. The van der Waals surface area contributed by atoms with E-state index in [0.717, 1.165) is 0 Å². The number of aryl methyl sites for hydroxylation is 1. The van der Waals surface area contributed by atoms with Crippen molar-refractivity contribution >= 4 is 5.97 Å². The van der Waals surface area contributed by atoms with Gasteiger partial charge in [0.25, 0.3) is 5.56 Å². The SMILES string of the molecule is Cc1o[nH]c(=O)c1CC[C@H]([NH3+])C(=O)O.[Cl-]. The Hall–Kier alpha value is -1.27. The summed E-state index contributed by atoms with van der Waals surface area (Å²) in [5, 5.41) is 10.8. The number of aliphatic carboxylic acids is 1. The molecule has 5 N–H and O–H groups in total. The molecule has 1 rings (SSSR count). The van der Waals surface area contributed by atoms with Gasteiger partial charge in [-0.05, 0) is 13.3 Å². The molecule has 1 heterocycles. The first-order valence-corrected chi connectivity index (χ1v) is 4.25. The second-order valence-electron chi connectivity index (χ2n) is 3.14. The first-order chi connectivity index (χ1) is 6.52. The van der Waals surface area contributed by atoms with Crippen molar-refractivity contribution in [2.75, 3.05) is 0 Å². The molecule has 0 unspecified atom stereocenters. The molecule has 1 aromatic rings. The van der Waals surface area contributed by atoms with Gasteiger partial charge in [0.05, 0.1) is 5.56 Å². The Morgan fingerprint density at radius 2 is 2.27 bits per heavy atom. The summed E-state index contributed by atoms with van der Waals surface area (Å²) in [5.74, 6) is -0.449. The highest BCUT2D eigenvalue weighted by Crippen LogP contribution is 2.04. The summed E-state index contributed by atoms with van der Waals surface area (Å²) < 4.78 is 4.78. The Morgan fingerprint density at radius 3 is 2.67 bits per heavy atom. The van der Waals surface area contributed by atoms with Gasteiger partial charge in [0.1, 0.15) is 5.76 Å². The topological polar surface area (TPSA) is 111 Å². The average molecular weight is 237 g/mol. The zero-order valence-electron chi connectivity index (χ0n) is 8.25. The van der Waals surface area contributed by atoms with Crippen molar-refractivity contribution in [1.29, 1.82) is 0 Å². The number of carboxylic acid groups (broad SMARTS) is 1. The Balaban J connectivity index is 0.00000196. The zero-order valence-corrected chi connectivity index (χ0v) is 9.00. The summed E-state index contributed by atoms with van der Waals surface area (Å²) >= 11 is 0. The smallest absolute Gasteiger partial charge is 0.362 e. The third kappa shape index (κ3) is 3.41. The van der Waals surface area contributed by atoms with Crippen molar-refractivity contribution in [2.24, 2.45) is 0 Å². The molecule has 1 aromatic heterocycles. The third-order valence-corrected chi connectivity index (χ3v) is 2.09. The Labute approximate surface area is 91.8 Å². The van der Waals surface area contributed by atoms with Gasteiger partial charge < -0.3 is 27.8 Å². The van der Waals surface area contributed by atoms with Crippen LogP contribution >= 0.6 is 0 Å². The third-order valence-electron chi connectivity index (χ3n) is 2.09. The molecule has 0 fully saturated rings. The Bertz CT molecular complexity index is 384. The number of H-pyrrole nitrogens is 1. The summed E-state index contributed by atoms with van der Waals surface area (Å²) in [6.07, 6.45) is 0.705. The fourth-order valence-corrected chi connectivity index (χ4v) is 1.14. The molecule has 0 saturated heterocycles. The van der Waals surface area contributed by atoms with Gasteiger partial charge in [0, 0.05) is 6.42 Å². The van der Waals surface area contributed by atoms with E-state index in [2.05, 4.69) is 10.9 Å². The van der Waals surface area contributed by atoms with E-state index in [0.29, 0.717) is 24.2 Å².